The maximum atomic E-state index is 12.5. The summed E-state index contributed by atoms with van der Waals surface area (Å²) in [5.74, 6) is -0.105. The fraction of sp³-hybridized carbons (Fsp3) is 0.316. The summed E-state index contributed by atoms with van der Waals surface area (Å²) < 4.78 is 5.16. The topological polar surface area (TPSA) is 41.6 Å². The van der Waals surface area contributed by atoms with Crippen LogP contribution in [0.3, 0.4) is 0 Å². The summed E-state index contributed by atoms with van der Waals surface area (Å²) >= 11 is 0. The molecule has 0 spiro atoms. The fourth-order valence-electron chi connectivity index (χ4n) is 2.95. The van der Waals surface area contributed by atoms with Crippen molar-refractivity contribution in [3.63, 3.8) is 0 Å². The van der Waals surface area contributed by atoms with Crippen molar-refractivity contribution in [3.05, 3.63) is 59.7 Å². The number of amides is 1. The number of methoxy groups -OCH3 is 1. The van der Waals surface area contributed by atoms with E-state index in [1.54, 1.807) is 7.11 Å². The minimum atomic E-state index is -0.105. The number of anilines is 2. The van der Waals surface area contributed by atoms with Gasteiger partial charge in [0.05, 0.1) is 6.61 Å². The third kappa shape index (κ3) is 3.71. The van der Waals surface area contributed by atoms with Crippen molar-refractivity contribution >= 4 is 17.3 Å². The summed E-state index contributed by atoms with van der Waals surface area (Å²) in [6.07, 6.45) is 2.52. The third-order valence-electron chi connectivity index (χ3n) is 4.16. The van der Waals surface area contributed by atoms with Gasteiger partial charge >= 0.3 is 0 Å². The molecular formula is C19H22N2O2. The van der Waals surface area contributed by atoms with Gasteiger partial charge in [0, 0.05) is 37.1 Å². The summed E-state index contributed by atoms with van der Waals surface area (Å²) in [7, 11) is 1.63. The zero-order chi connectivity index (χ0) is 16.1. The molecule has 4 nitrogen and oxygen atoms in total. The Morgan fingerprint density at radius 3 is 2.48 bits per heavy atom. The van der Waals surface area contributed by atoms with Crippen molar-refractivity contribution < 1.29 is 9.53 Å². The van der Waals surface area contributed by atoms with Crippen LogP contribution in [0.4, 0.5) is 11.4 Å². The molecule has 0 bridgehead atoms. The molecule has 0 atom stereocenters. The molecule has 1 aliphatic heterocycles. The molecule has 3 rings (SSSR count). The van der Waals surface area contributed by atoms with Crippen LogP contribution in [0.5, 0.6) is 0 Å². The zero-order valence-electron chi connectivity index (χ0n) is 13.4. The van der Waals surface area contributed by atoms with E-state index in [1.807, 2.05) is 36.4 Å². The van der Waals surface area contributed by atoms with E-state index in [9.17, 15) is 4.79 Å². The number of ether oxygens (including phenoxy) is 1. The lowest BCUT2D eigenvalue weighted by atomic mass is 10.1. The lowest BCUT2D eigenvalue weighted by molar-refractivity contribution is 0.102. The van der Waals surface area contributed by atoms with Crippen LogP contribution in [-0.2, 0) is 11.3 Å². The highest BCUT2D eigenvalue weighted by molar-refractivity contribution is 6.05. The Kier molecular flexibility index (Phi) is 4.93. The maximum absolute atomic E-state index is 12.5. The van der Waals surface area contributed by atoms with E-state index in [4.69, 9.17) is 4.74 Å². The van der Waals surface area contributed by atoms with Crippen LogP contribution in [-0.4, -0.2) is 26.1 Å². The number of hydrogen-bond donors (Lipinski definition) is 1. The normalized spacial score (nSPS) is 14.0. The highest BCUT2D eigenvalue weighted by Gasteiger charge is 2.13. The molecule has 120 valence electrons. The van der Waals surface area contributed by atoms with Gasteiger partial charge < -0.3 is 15.0 Å². The van der Waals surface area contributed by atoms with Gasteiger partial charge in [-0.2, -0.15) is 0 Å². The van der Waals surface area contributed by atoms with Crippen molar-refractivity contribution in [3.8, 4) is 0 Å². The molecule has 1 aliphatic rings. The molecule has 2 aromatic carbocycles. The SMILES string of the molecule is COCc1ccccc1C(=O)Nc1ccc(N2CCCC2)cc1. The Morgan fingerprint density at radius 2 is 1.78 bits per heavy atom. The van der Waals surface area contributed by atoms with E-state index in [0.29, 0.717) is 12.2 Å². The van der Waals surface area contributed by atoms with Gasteiger partial charge in [0.1, 0.15) is 0 Å². The molecule has 0 aromatic heterocycles. The van der Waals surface area contributed by atoms with E-state index in [2.05, 4.69) is 22.3 Å². The second kappa shape index (κ2) is 7.29. The zero-order valence-corrected chi connectivity index (χ0v) is 13.4. The number of hydrogen-bond acceptors (Lipinski definition) is 3. The van der Waals surface area contributed by atoms with Crippen LogP contribution in [0, 0.1) is 0 Å². The number of nitrogens with one attached hydrogen (secondary N) is 1. The van der Waals surface area contributed by atoms with Crippen LogP contribution >= 0.6 is 0 Å². The average molecular weight is 310 g/mol. The first-order valence-electron chi connectivity index (χ1n) is 8.01. The van der Waals surface area contributed by atoms with Crippen LogP contribution < -0.4 is 10.2 Å². The molecule has 1 N–H and O–H groups in total. The molecular weight excluding hydrogens is 288 g/mol. The Bertz CT molecular complexity index is 661. The molecule has 0 saturated carbocycles. The minimum absolute atomic E-state index is 0.105. The number of carbonyl (C=O) groups excluding carboxylic acids is 1. The summed E-state index contributed by atoms with van der Waals surface area (Å²) in [5, 5.41) is 2.96. The third-order valence-corrected chi connectivity index (χ3v) is 4.16. The molecule has 1 heterocycles. The molecule has 1 amide bonds. The quantitative estimate of drug-likeness (QED) is 0.916. The molecule has 0 aliphatic carbocycles. The van der Waals surface area contributed by atoms with Gasteiger partial charge in [-0.25, -0.2) is 0 Å². The Balaban J connectivity index is 1.70. The summed E-state index contributed by atoms with van der Waals surface area (Å²) in [4.78, 5) is 14.8. The first kappa shape index (κ1) is 15.6. The summed E-state index contributed by atoms with van der Waals surface area (Å²) in [6, 6.07) is 15.6. The monoisotopic (exact) mass is 310 g/mol. The first-order chi connectivity index (χ1) is 11.3. The maximum Gasteiger partial charge on any atom is 0.256 e. The number of carbonyl (C=O) groups is 1. The standard InChI is InChI=1S/C19H22N2O2/c1-23-14-15-6-2-3-7-18(15)19(22)20-16-8-10-17(11-9-16)21-12-4-5-13-21/h2-3,6-11H,4-5,12-14H2,1H3,(H,20,22). The van der Waals surface area contributed by atoms with Crippen LogP contribution in [0.1, 0.15) is 28.8 Å². The lowest BCUT2D eigenvalue weighted by Gasteiger charge is -2.18. The van der Waals surface area contributed by atoms with E-state index in [1.165, 1.54) is 18.5 Å². The van der Waals surface area contributed by atoms with E-state index >= 15 is 0 Å². The van der Waals surface area contributed by atoms with Crippen molar-refractivity contribution in [1.82, 2.24) is 0 Å². The Labute approximate surface area is 137 Å². The van der Waals surface area contributed by atoms with Crippen LogP contribution in [0.25, 0.3) is 0 Å². The molecule has 1 saturated heterocycles. The van der Waals surface area contributed by atoms with Crippen molar-refractivity contribution in [1.29, 1.82) is 0 Å². The minimum Gasteiger partial charge on any atom is -0.380 e. The number of rotatable bonds is 5. The molecule has 1 fully saturated rings. The van der Waals surface area contributed by atoms with Gasteiger partial charge in [-0.05, 0) is 48.7 Å². The molecule has 2 aromatic rings. The molecule has 0 unspecified atom stereocenters. The van der Waals surface area contributed by atoms with Crippen LogP contribution in [0.2, 0.25) is 0 Å². The molecule has 4 heteroatoms. The Morgan fingerprint density at radius 1 is 1.09 bits per heavy atom. The average Bonchev–Trinajstić information content (AvgIpc) is 3.11. The van der Waals surface area contributed by atoms with Crippen molar-refractivity contribution in [2.45, 2.75) is 19.4 Å². The van der Waals surface area contributed by atoms with E-state index in [-0.39, 0.29) is 5.91 Å². The van der Waals surface area contributed by atoms with Gasteiger partial charge in [0.2, 0.25) is 0 Å². The second-order valence-corrected chi connectivity index (χ2v) is 5.79. The van der Waals surface area contributed by atoms with Crippen LogP contribution in [0.15, 0.2) is 48.5 Å². The van der Waals surface area contributed by atoms with Gasteiger partial charge in [0.15, 0.2) is 0 Å². The number of benzene rings is 2. The largest absolute Gasteiger partial charge is 0.380 e. The second-order valence-electron chi connectivity index (χ2n) is 5.79. The first-order valence-corrected chi connectivity index (χ1v) is 8.01. The van der Waals surface area contributed by atoms with Crippen molar-refractivity contribution in [2.75, 3.05) is 30.4 Å². The Hall–Kier alpha value is -2.33. The summed E-state index contributed by atoms with van der Waals surface area (Å²) in [6.45, 7) is 2.67. The van der Waals surface area contributed by atoms with Gasteiger partial charge in [-0.3, -0.25) is 4.79 Å². The predicted octanol–water partition coefficient (Wildman–Crippen LogP) is 3.69. The van der Waals surface area contributed by atoms with Gasteiger partial charge in [-0.15, -0.1) is 0 Å². The van der Waals surface area contributed by atoms with Gasteiger partial charge in [0.25, 0.3) is 5.91 Å². The highest BCUT2D eigenvalue weighted by atomic mass is 16.5. The van der Waals surface area contributed by atoms with Gasteiger partial charge in [-0.1, -0.05) is 18.2 Å². The molecule has 0 radical (unpaired) electrons. The van der Waals surface area contributed by atoms with Crippen molar-refractivity contribution in [2.24, 2.45) is 0 Å². The number of nitrogens with zero attached hydrogens (tertiary/aromatic N) is 1. The molecule has 23 heavy (non-hydrogen) atoms. The predicted molar refractivity (Wildman–Crippen MR) is 93.0 cm³/mol. The van der Waals surface area contributed by atoms with E-state index < -0.39 is 0 Å². The van der Waals surface area contributed by atoms with E-state index in [0.717, 1.165) is 24.3 Å². The summed E-state index contributed by atoms with van der Waals surface area (Å²) in [5.41, 5.74) is 3.57. The lowest BCUT2D eigenvalue weighted by Crippen LogP contribution is -2.18. The smallest absolute Gasteiger partial charge is 0.256 e. The highest BCUT2D eigenvalue weighted by Crippen LogP contribution is 2.22. The fourth-order valence-corrected chi connectivity index (χ4v) is 2.95.